The molecule has 0 aliphatic carbocycles. The Morgan fingerprint density at radius 1 is 1.38 bits per heavy atom. The fourth-order valence-corrected chi connectivity index (χ4v) is 2.27. The van der Waals surface area contributed by atoms with Gasteiger partial charge in [-0.1, -0.05) is 0 Å². The average Bonchev–Trinajstić information content (AvgIpc) is 2.95. The van der Waals surface area contributed by atoms with Crippen LogP contribution in [-0.2, 0) is 11.3 Å². The fourth-order valence-electron chi connectivity index (χ4n) is 2.07. The van der Waals surface area contributed by atoms with E-state index in [0.717, 1.165) is 12.1 Å². The van der Waals surface area contributed by atoms with Crippen LogP contribution < -0.4 is 0 Å². The third-order valence-corrected chi connectivity index (χ3v) is 3.24. The van der Waals surface area contributed by atoms with Crippen LogP contribution in [0.2, 0.25) is 5.22 Å². The normalized spacial score (nSPS) is 11.2. The van der Waals surface area contributed by atoms with Crippen LogP contribution in [0.5, 0.6) is 0 Å². The molecular weight excluding hydrogens is 306 g/mol. The van der Waals surface area contributed by atoms with Gasteiger partial charge in [0.05, 0.1) is 22.9 Å². The predicted octanol–water partition coefficient (Wildman–Crippen LogP) is 3.31. The second-order valence-corrected chi connectivity index (χ2v) is 4.62. The maximum Gasteiger partial charge on any atom is 0.323 e. The van der Waals surface area contributed by atoms with Crippen molar-refractivity contribution in [2.45, 2.75) is 6.54 Å². The van der Waals surface area contributed by atoms with Gasteiger partial charge < -0.3 is 14.1 Å². The summed E-state index contributed by atoms with van der Waals surface area (Å²) in [5.41, 5.74) is 0.626. The number of carboxylic acid groups (broad SMARTS) is 1. The molecule has 0 amide bonds. The van der Waals surface area contributed by atoms with Gasteiger partial charge in [-0.3, -0.25) is 4.79 Å². The minimum atomic E-state index is -1.15. The lowest BCUT2D eigenvalue weighted by atomic mass is 10.3. The van der Waals surface area contributed by atoms with Gasteiger partial charge in [-0.05, 0) is 17.7 Å². The summed E-state index contributed by atoms with van der Waals surface area (Å²) < 4.78 is 32.8. The summed E-state index contributed by atoms with van der Waals surface area (Å²) in [6.45, 7) is -0.474. The van der Waals surface area contributed by atoms with Crippen LogP contribution in [0, 0.1) is 11.6 Å². The summed E-state index contributed by atoms with van der Waals surface area (Å²) in [7, 11) is 0. The predicted molar refractivity (Wildman–Crippen MR) is 70.0 cm³/mol. The molecule has 0 fully saturated rings. The molecule has 0 aliphatic heterocycles. The molecule has 0 saturated carbocycles. The van der Waals surface area contributed by atoms with Crippen molar-refractivity contribution in [3.05, 3.63) is 41.3 Å². The highest BCUT2D eigenvalue weighted by Crippen LogP contribution is 2.31. The molecular formula is C13H7ClF2N2O3. The highest BCUT2D eigenvalue weighted by Gasteiger charge is 2.20. The number of carbonyl (C=O) groups is 1. The van der Waals surface area contributed by atoms with E-state index in [1.54, 1.807) is 0 Å². The number of furan rings is 1. The molecule has 21 heavy (non-hydrogen) atoms. The molecule has 2 heterocycles. The van der Waals surface area contributed by atoms with E-state index in [1.807, 2.05) is 0 Å². The van der Waals surface area contributed by atoms with Crippen LogP contribution >= 0.6 is 11.6 Å². The molecule has 0 bridgehead atoms. The van der Waals surface area contributed by atoms with E-state index in [-0.39, 0.29) is 22.1 Å². The Balaban J connectivity index is 2.33. The minimum absolute atomic E-state index is 0.0119. The molecule has 0 saturated heterocycles. The lowest BCUT2D eigenvalue weighted by Gasteiger charge is -2.05. The SMILES string of the molecule is O=C(O)Cn1c(-c2ccoc2Cl)nc2cc(F)c(F)cc21. The largest absolute Gasteiger partial charge is 0.480 e. The van der Waals surface area contributed by atoms with Gasteiger partial charge in [-0.25, -0.2) is 13.8 Å². The number of imidazole rings is 1. The zero-order chi connectivity index (χ0) is 15.1. The van der Waals surface area contributed by atoms with Crippen LogP contribution in [0.1, 0.15) is 0 Å². The number of aliphatic carboxylic acids is 1. The van der Waals surface area contributed by atoms with Gasteiger partial charge in [0, 0.05) is 12.1 Å². The van der Waals surface area contributed by atoms with E-state index in [0.29, 0.717) is 5.56 Å². The maximum atomic E-state index is 13.4. The van der Waals surface area contributed by atoms with E-state index in [4.69, 9.17) is 21.1 Å². The molecule has 108 valence electrons. The highest BCUT2D eigenvalue weighted by atomic mass is 35.5. The van der Waals surface area contributed by atoms with Crippen molar-refractivity contribution in [1.29, 1.82) is 0 Å². The quantitative estimate of drug-likeness (QED) is 0.805. The van der Waals surface area contributed by atoms with Gasteiger partial charge in [0.25, 0.3) is 0 Å². The molecule has 2 aromatic heterocycles. The molecule has 0 radical (unpaired) electrons. The van der Waals surface area contributed by atoms with Crippen molar-refractivity contribution in [1.82, 2.24) is 9.55 Å². The lowest BCUT2D eigenvalue weighted by molar-refractivity contribution is -0.137. The molecule has 8 heteroatoms. The number of carboxylic acids is 1. The summed E-state index contributed by atoms with van der Waals surface area (Å²) in [4.78, 5) is 15.1. The zero-order valence-corrected chi connectivity index (χ0v) is 11.1. The van der Waals surface area contributed by atoms with Crippen LogP contribution in [0.25, 0.3) is 22.4 Å². The van der Waals surface area contributed by atoms with Crippen LogP contribution in [0.15, 0.2) is 28.9 Å². The number of halogens is 3. The van der Waals surface area contributed by atoms with Gasteiger partial charge in [0.1, 0.15) is 12.4 Å². The molecule has 0 aliphatic rings. The van der Waals surface area contributed by atoms with Crippen molar-refractivity contribution in [2.24, 2.45) is 0 Å². The third-order valence-electron chi connectivity index (χ3n) is 2.94. The molecule has 3 rings (SSSR count). The molecule has 5 nitrogen and oxygen atoms in total. The number of hydrogen-bond donors (Lipinski definition) is 1. The Labute approximate surface area is 121 Å². The standard InChI is InChI=1S/C13H7ClF2N2O3/c14-12-6(1-2-21-12)13-17-9-3-7(15)8(16)4-10(9)18(13)5-11(19)20/h1-4H,5H2,(H,19,20). The van der Waals surface area contributed by atoms with E-state index in [1.165, 1.54) is 16.9 Å². The van der Waals surface area contributed by atoms with Gasteiger partial charge in [0.15, 0.2) is 11.6 Å². The smallest absolute Gasteiger partial charge is 0.323 e. The summed E-state index contributed by atoms with van der Waals surface area (Å²) >= 11 is 5.86. The lowest BCUT2D eigenvalue weighted by Crippen LogP contribution is -2.10. The average molecular weight is 313 g/mol. The van der Waals surface area contributed by atoms with Crippen molar-refractivity contribution in [3.63, 3.8) is 0 Å². The number of rotatable bonds is 3. The van der Waals surface area contributed by atoms with E-state index in [9.17, 15) is 13.6 Å². The first-order chi connectivity index (χ1) is 9.97. The highest BCUT2D eigenvalue weighted by molar-refractivity contribution is 6.31. The topological polar surface area (TPSA) is 68.3 Å². The van der Waals surface area contributed by atoms with E-state index in [2.05, 4.69) is 4.98 Å². The number of hydrogen-bond acceptors (Lipinski definition) is 3. The summed E-state index contributed by atoms with van der Waals surface area (Å²) in [6, 6.07) is 3.30. The van der Waals surface area contributed by atoms with Crippen molar-refractivity contribution in [2.75, 3.05) is 0 Å². The fraction of sp³-hybridized carbons (Fsp3) is 0.0769. The Bertz CT molecular complexity index is 857. The Hall–Kier alpha value is -2.41. The monoisotopic (exact) mass is 312 g/mol. The molecule has 3 aromatic rings. The van der Waals surface area contributed by atoms with E-state index >= 15 is 0 Å². The number of benzene rings is 1. The van der Waals surface area contributed by atoms with E-state index < -0.39 is 24.1 Å². The summed E-state index contributed by atoms with van der Waals surface area (Å²) in [6.07, 6.45) is 1.31. The van der Waals surface area contributed by atoms with Crippen molar-refractivity contribution in [3.8, 4) is 11.4 Å². The minimum Gasteiger partial charge on any atom is -0.480 e. The Morgan fingerprint density at radius 3 is 2.71 bits per heavy atom. The first-order valence-electron chi connectivity index (χ1n) is 5.78. The second-order valence-electron chi connectivity index (χ2n) is 4.28. The van der Waals surface area contributed by atoms with Gasteiger partial charge in [-0.2, -0.15) is 0 Å². The first kappa shape index (κ1) is 13.6. The molecule has 0 unspecified atom stereocenters. The van der Waals surface area contributed by atoms with Gasteiger partial charge in [-0.15, -0.1) is 0 Å². The number of fused-ring (bicyclic) bond motifs is 1. The zero-order valence-electron chi connectivity index (χ0n) is 10.3. The summed E-state index contributed by atoms with van der Waals surface area (Å²) in [5.74, 6) is -3.14. The van der Waals surface area contributed by atoms with Gasteiger partial charge in [0.2, 0.25) is 5.22 Å². The Morgan fingerprint density at radius 2 is 2.10 bits per heavy atom. The third kappa shape index (κ3) is 2.25. The van der Waals surface area contributed by atoms with Crippen LogP contribution in [-0.4, -0.2) is 20.6 Å². The molecule has 1 N–H and O–H groups in total. The van der Waals surface area contributed by atoms with Crippen molar-refractivity contribution < 1.29 is 23.1 Å². The van der Waals surface area contributed by atoms with Crippen molar-refractivity contribution >= 4 is 28.6 Å². The van der Waals surface area contributed by atoms with Crippen LogP contribution in [0.4, 0.5) is 8.78 Å². The maximum absolute atomic E-state index is 13.4. The first-order valence-corrected chi connectivity index (χ1v) is 6.15. The number of nitrogens with zero attached hydrogens (tertiary/aromatic N) is 2. The van der Waals surface area contributed by atoms with Crippen LogP contribution in [0.3, 0.4) is 0 Å². The number of aromatic nitrogens is 2. The van der Waals surface area contributed by atoms with Gasteiger partial charge >= 0.3 is 5.97 Å². The molecule has 0 spiro atoms. The summed E-state index contributed by atoms with van der Waals surface area (Å²) in [5, 5.41) is 9.00. The molecule has 0 atom stereocenters. The second kappa shape index (κ2) is 4.85. The Kier molecular flexibility index (Phi) is 3.13. The molecule has 1 aromatic carbocycles.